The highest BCUT2D eigenvalue weighted by Gasteiger charge is 2.32. The van der Waals surface area contributed by atoms with Crippen LogP contribution in [0.3, 0.4) is 0 Å². The summed E-state index contributed by atoms with van der Waals surface area (Å²) >= 11 is 6.15. The van der Waals surface area contributed by atoms with Gasteiger partial charge < -0.3 is 0 Å². The van der Waals surface area contributed by atoms with Crippen molar-refractivity contribution in [1.29, 1.82) is 0 Å². The lowest BCUT2D eigenvalue weighted by molar-refractivity contribution is -0.127. The number of halogens is 1. The quantitative estimate of drug-likeness (QED) is 0.527. The van der Waals surface area contributed by atoms with Gasteiger partial charge in [-0.05, 0) is 34.9 Å². The standard InChI is InChI=1S/C24H19ClN2O/c25-21-13-7-12-20(16-21)22-17-23(19-10-5-2-6-11-19)27(26-22)24(28)15-14-18-8-3-1-4-9-18/h1-16,23H,17H2. The fourth-order valence-electron chi connectivity index (χ4n) is 3.30. The van der Waals surface area contributed by atoms with Crippen LogP contribution < -0.4 is 0 Å². The van der Waals surface area contributed by atoms with E-state index in [9.17, 15) is 4.79 Å². The fraction of sp³-hybridized carbons (Fsp3) is 0.0833. The van der Waals surface area contributed by atoms with Crippen molar-refractivity contribution in [2.45, 2.75) is 12.5 Å². The maximum absolute atomic E-state index is 13.0. The Morgan fingerprint density at radius 2 is 1.68 bits per heavy atom. The first kappa shape index (κ1) is 18.2. The average molecular weight is 387 g/mol. The number of hydrogen-bond donors (Lipinski definition) is 0. The summed E-state index contributed by atoms with van der Waals surface area (Å²) in [4.78, 5) is 13.0. The number of hydrazone groups is 1. The SMILES string of the molecule is O=C(C=Cc1ccccc1)N1N=C(c2cccc(Cl)c2)CC1c1ccccc1. The van der Waals surface area contributed by atoms with Crippen molar-refractivity contribution in [3.63, 3.8) is 0 Å². The molecule has 0 saturated heterocycles. The van der Waals surface area contributed by atoms with Crippen molar-refractivity contribution in [1.82, 2.24) is 5.01 Å². The molecular formula is C24H19ClN2O. The molecule has 4 heteroatoms. The van der Waals surface area contributed by atoms with Crippen LogP contribution in [0.5, 0.6) is 0 Å². The zero-order valence-electron chi connectivity index (χ0n) is 15.2. The van der Waals surface area contributed by atoms with Gasteiger partial charge in [-0.1, -0.05) is 84.4 Å². The maximum Gasteiger partial charge on any atom is 0.267 e. The largest absolute Gasteiger partial charge is 0.268 e. The summed E-state index contributed by atoms with van der Waals surface area (Å²) in [6, 6.07) is 27.2. The van der Waals surface area contributed by atoms with Crippen LogP contribution in [0.2, 0.25) is 5.02 Å². The monoisotopic (exact) mass is 386 g/mol. The van der Waals surface area contributed by atoms with Gasteiger partial charge in [-0.25, -0.2) is 5.01 Å². The van der Waals surface area contributed by atoms with E-state index >= 15 is 0 Å². The first-order valence-electron chi connectivity index (χ1n) is 9.15. The molecule has 3 aromatic rings. The molecule has 1 aliphatic heterocycles. The third-order valence-electron chi connectivity index (χ3n) is 4.70. The second-order valence-electron chi connectivity index (χ2n) is 6.61. The van der Waals surface area contributed by atoms with Crippen molar-refractivity contribution in [3.8, 4) is 0 Å². The molecule has 0 saturated carbocycles. The predicted molar refractivity (Wildman–Crippen MR) is 114 cm³/mol. The van der Waals surface area contributed by atoms with Gasteiger partial charge in [-0.3, -0.25) is 4.79 Å². The van der Waals surface area contributed by atoms with Gasteiger partial charge in [0.05, 0.1) is 11.8 Å². The van der Waals surface area contributed by atoms with E-state index in [1.165, 1.54) is 0 Å². The molecule has 138 valence electrons. The van der Waals surface area contributed by atoms with Gasteiger partial charge in [0.25, 0.3) is 5.91 Å². The summed E-state index contributed by atoms with van der Waals surface area (Å²) in [7, 11) is 0. The zero-order chi connectivity index (χ0) is 19.3. The second-order valence-corrected chi connectivity index (χ2v) is 7.05. The fourth-order valence-corrected chi connectivity index (χ4v) is 3.49. The molecule has 3 aromatic carbocycles. The van der Waals surface area contributed by atoms with Crippen molar-refractivity contribution < 1.29 is 4.79 Å². The topological polar surface area (TPSA) is 32.7 Å². The minimum atomic E-state index is -0.144. The van der Waals surface area contributed by atoms with E-state index in [0.29, 0.717) is 11.4 Å². The summed E-state index contributed by atoms with van der Waals surface area (Å²) in [5, 5.41) is 6.89. The van der Waals surface area contributed by atoms with Gasteiger partial charge in [-0.2, -0.15) is 5.10 Å². The van der Waals surface area contributed by atoms with E-state index in [2.05, 4.69) is 5.10 Å². The van der Waals surface area contributed by atoms with Crippen LogP contribution in [0.25, 0.3) is 6.08 Å². The molecule has 0 radical (unpaired) electrons. The van der Waals surface area contributed by atoms with E-state index in [4.69, 9.17) is 11.6 Å². The Morgan fingerprint density at radius 1 is 0.964 bits per heavy atom. The van der Waals surface area contributed by atoms with Crippen molar-refractivity contribution in [3.05, 3.63) is 113 Å². The van der Waals surface area contributed by atoms with Crippen LogP contribution in [-0.4, -0.2) is 16.6 Å². The van der Waals surface area contributed by atoms with E-state index in [1.54, 1.807) is 11.1 Å². The molecule has 0 aliphatic carbocycles. The molecule has 1 atom stereocenters. The van der Waals surface area contributed by atoms with E-state index in [0.717, 1.165) is 22.4 Å². The van der Waals surface area contributed by atoms with Crippen molar-refractivity contribution in [2.24, 2.45) is 5.10 Å². The highest BCUT2D eigenvalue weighted by molar-refractivity contribution is 6.31. The number of carbonyl (C=O) groups is 1. The summed E-state index contributed by atoms with van der Waals surface area (Å²) in [5.74, 6) is -0.144. The van der Waals surface area contributed by atoms with Crippen molar-refractivity contribution >= 4 is 29.3 Å². The van der Waals surface area contributed by atoms with Crippen LogP contribution in [0.15, 0.2) is 96.1 Å². The van der Waals surface area contributed by atoms with E-state index in [-0.39, 0.29) is 11.9 Å². The van der Waals surface area contributed by atoms with Crippen LogP contribution in [0.1, 0.15) is 29.2 Å². The van der Waals surface area contributed by atoms with Gasteiger partial charge in [-0.15, -0.1) is 0 Å². The van der Waals surface area contributed by atoms with Crippen LogP contribution in [0.4, 0.5) is 0 Å². The average Bonchev–Trinajstić information content (AvgIpc) is 3.19. The molecule has 1 unspecified atom stereocenters. The number of nitrogens with zero attached hydrogens (tertiary/aromatic N) is 2. The molecule has 3 nitrogen and oxygen atoms in total. The summed E-state index contributed by atoms with van der Waals surface area (Å²) in [6.45, 7) is 0. The molecule has 28 heavy (non-hydrogen) atoms. The highest BCUT2D eigenvalue weighted by Crippen LogP contribution is 2.33. The Labute approximate surface area is 169 Å². The molecule has 0 fully saturated rings. The van der Waals surface area contributed by atoms with Gasteiger partial charge in [0, 0.05) is 17.5 Å². The third-order valence-corrected chi connectivity index (χ3v) is 4.93. The molecule has 0 aromatic heterocycles. The summed E-state index contributed by atoms with van der Waals surface area (Å²) in [6.07, 6.45) is 4.04. The lowest BCUT2D eigenvalue weighted by atomic mass is 9.98. The molecule has 1 heterocycles. The second kappa shape index (κ2) is 8.24. The van der Waals surface area contributed by atoms with Gasteiger partial charge in [0.1, 0.15) is 0 Å². The normalized spacial score (nSPS) is 16.4. The minimum absolute atomic E-state index is 0.136. The first-order chi connectivity index (χ1) is 13.7. The smallest absolute Gasteiger partial charge is 0.267 e. The zero-order valence-corrected chi connectivity index (χ0v) is 16.0. The summed E-state index contributed by atoms with van der Waals surface area (Å²) in [5.41, 5.74) is 3.84. The highest BCUT2D eigenvalue weighted by atomic mass is 35.5. The number of rotatable bonds is 4. The lowest BCUT2D eigenvalue weighted by Gasteiger charge is -2.20. The van der Waals surface area contributed by atoms with Gasteiger partial charge >= 0.3 is 0 Å². The van der Waals surface area contributed by atoms with E-state index in [1.807, 2.05) is 91.0 Å². The van der Waals surface area contributed by atoms with Crippen molar-refractivity contribution in [2.75, 3.05) is 0 Å². The summed E-state index contributed by atoms with van der Waals surface area (Å²) < 4.78 is 0. The molecule has 4 rings (SSSR count). The Kier molecular flexibility index (Phi) is 5.36. The molecule has 0 N–H and O–H groups in total. The Morgan fingerprint density at radius 3 is 2.39 bits per heavy atom. The molecule has 1 amide bonds. The molecule has 1 aliphatic rings. The number of carbonyl (C=O) groups excluding carboxylic acids is 1. The number of amides is 1. The lowest BCUT2D eigenvalue weighted by Crippen LogP contribution is -2.25. The maximum atomic E-state index is 13.0. The van der Waals surface area contributed by atoms with E-state index < -0.39 is 0 Å². The van der Waals surface area contributed by atoms with Crippen LogP contribution >= 0.6 is 11.6 Å². The van der Waals surface area contributed by atoms with Gasteiger partial charge in [0.2, 0.25) is 0 Å². The predicted octanol–water partition coefficient (Wildman–Crippen LogP) is 5.73. The minimum Gasteiger partial charge on any atom is -0.268 e. The molecule has 0 spiro atoms. The molecular weight excluding hydrogens is 368 g/mol. The first-order valence-corrected chi connectivity index (χ1v) is 9.53. The Balaban J connectivity index is 1.65. The number of hydrogen-bond acceptors (Lipinski definition) is 2. The molecule has 0 bridgehead atoms. The van der Waals surface area contributed by atoms with Crippen LogP contribution in [0, 0.1) is 0 Å². The Bertz CT molecular complexity index is 1030. The number of benzene rings is 3. The Hall–Kier alpha value is -3.17. The van der Waals surface area contributed by atoms with Gasteiger partial charge in [0.15, 0.2) is 0 Å². The van der Waals surface area contributed by atoms with Crippen LogP contribution in [-0.2, 0) is 4.79 Å². The third kappa shape index (κ3) is 4.05.